The maximum atomic E-state index is 9.27. The van der Waals surface area contributed by atoms with Crippen molar-refractivity contribution in [3.63, 3.8) is 0 Å². The van der Waals surface area contributed by atoms with Crippen LogP contribution in [0.2, 0.25) is 0 Å². The molecule has 0 amide bonds. The molecule has 1 saturated carbocycles. The van der Waals surface area contributed by atoms with Gasteiger partial charge in [-0.3, -0.25) is 4.90 Å². The lowest BCUT2D eigenvalue weighted by molar-refractivity contribution is 0.119. The van der Waals surface area contributed by atoms with Crippen LogP contribution in [0.3, 0.4) is 0 Å². The molecule has 2 nitrogen and oxygen atoms in total. The molecule has 0 radical (unpaired) electrons. The number of rotatable bonds is 2. The van der Waals surface area contributed by atoms with E-state index < -0.39 is 0 Å². The van der Waals surface area contributed by atoms with Gasteiger partial charge in [-0.2, -0.15) is 5.26 Å². The van der Waals surface area contributed by atoms with E-state index >= 15 is 0 Å². The Bertz CT molecular complexity index is 268. The highest BCUT2D eigenvalue weighted by Gasteiger charge is 2.36. The SMILES string of the molecule is CCC1CCC(C#N)C(N2CCC(C)C2)C1. The predicted octanol–water partition coefficient (Wildman–Crippen LogP) is 3.05. The zero-order valence-electron chi connectivity index (χ0n) is 10.7. The van der Waals surface area contributed by atoms with Gasteiger partial charge in [-0.25, -0.2) is 0 Å². The van der Waals surface area contributed by atoms with E-state index in [1.807, 2.05) is 0 Å². The minimum absolute atomic E-state index is 0.299. The third-order valence-corrected chi connectivity index (χ3v) is 4.59. The molecule has 0 spiro atoms. The highest BCUT2D eigenvalue weighted by Crippen LogP contribution is 2.35. The summed E-state index contributed by atoms with van der Waals surface area (Å²) in [5.41, 5.74) is 0. The number of nitrogens with zero attached hydrogens (tertiary/aromatic N) is 2. The molecule has 0 N–H and O–H groups in total. The number of hydrogen-bond donors (Lipinski definition) is 0. The Morgan fingerprint density at radius 3 is 2.69 bits per heavy atom. The van der Waals surface area contributed by atoms with Crippen LogP contribution in [0.5, 0.6) is 0 Å². The van der Waals surface area contributed by atoms with Gasteiger partial charge >= 0.3 is 0 Å². The van der Waals surface area contributed by atoms with Crippen LogP contribution in [0.25, 0.3) is 0 Å². The number of hydrogen-bond acceptors (Lipinski definition) is 2. The fraction of sp³-hybridized carbons (Fsp3) is 0.929. The van der Waals surface area contributed by atoms with Crippen molar-refractivity contribution < 1.29 is 0 Å². The maximum Gasteiger partial charge on any atom is 0.0672 e. The predicted molar refractivity (Wildman–Crippen MR) is 65.9 cm³/mol. The second kappa shape index (κ2) is 5.19. The summed E-state index contributed by atoms with van der Waals surface area (Å²) < 4.78 is 0. The Morgan fingerprint density at radius 1 is 1.31 bits per heavy atom. The quantitative estimate of drug-likeness (QED) is 0.715. The van der Waals surface area contributed by atoms with E-state index in [4.69, 9.17) is 0 Å². The molecule has 2 aliphatic rings. The molecule has 0 aromatic rings. The zero-order chi connectivity index (χ0) is 11.5. The van der Waals surface area contributed by atoms with Crippen LogP contribution in [0, 0.1) is 29.1 Å². The molecule has 1 aliphatic heterocycles. The number of nitriles is 1. The summed E-state index contributed by atoms with van der Waals surface area (Å²) in [6.07, 6.45) is 6.28. The summed E-state index contributed by atoms with van der Waals surface area (Å²) in [6.45, 7) is 7.07. The topological polar surface area (TPSA) is 27.0 Å². The molecular weight excluding hydrogens is 196 g/mol. The van der Waals surface area contributed by atoms with E-state index in [-0.39, 0.29) is 0 Å². The molecule has 90 valence electrons. The van der Waals surface area contributed by atoms with E-state index in [0.29, 0.717) is 12.0 Å². The first-order valence-electron chi connectivity index (χ1n) is 6.88. The van der Waals surface area contributed by atoms with E-state index in [9.17, 15) is 5.26 Å². The van der Waals surface area contributed by atoms with E-state index in [1.165, 1.54) is 38.8 Å². The van der Waals surface area contributed by atoms with Crippen LogP contribution in [0.1, 0.15) is 46.0 Å². The van der Waals surface area contributed by atoms with E-state index in [0.717, 1.165) is 18.3 Å². The lowest BCUT2D eigenvalue weighted by atomic mass is 9.77. The average molecular weight is 220 g/mol. The van der Waals surface area contributed by atoms with Crippen molar-refractivity contribution in [3.05, 3.63) is 0 Å². The normalized spacial score (nSPS) is 40.8. The highest BCUT2D eigenvalue weighted by molar-refractivity contribution is 4.98. The molecular formula is C14H24N2. The first kappa shape index (κ1) is 11.9. The van der Waals surface area contributed by atoms with Gasteiger partial charge in [-0.15, -0.1) is 0 Å². The van der Waals surface area contributed by atoms with Crippen LogP contribution >= 0.6 is 0 Å². The molecule has 0 aromatic heterocycles. The lowest BCUT2D eigenvalue weighted by Crippen LogP contribution is -2.42. The molecule has 1 saturated heterocycles. The van der Waals surface area contributed by atoms with Crippen LogP contribution in [-0.2, 0) is 0 Å². The smallest absolute Gasteiger partial charge is 0.0672 e. The molecule has 2 heteroatoms. The lowest BCUT2D eigenvalue weighted by Gasteiger charge is -2.38. The molecule has 2 rings (SSSR count). The van der Waals surface area contributed by atoms with Crippen LogP contribution in [-0.4, -0.2) is 24.0 Å². The van der Waals surface area contributed by atoms with E-state index in [1.54, 1.807) is 0 Å². The monoisotopic (exact) mass is 220 g/mol. The standard InChI is InChI=1S/C14H24N2/c1-3-12-4-5-13(9-15)14(8-12)16-7-6-11(2)10-16/h11-14H,3-8,10H2,1-2H3. The molecule has 4 unspecified atom stereocenters. The Morgan fingerprint density at radius 2 is 2.12 bits per heavy atom. The summed E-state index contributed by atoms with van der Waals surface area (Å²) in [4.78, 5) is 2.60. The third kappa shape index (κ3) is 2.40. The molecule has 16 heavy (non-hydrogen) atoms. The highest BCUT2D eigenvalue weighted by atomic mass is 15.2. The van der Waals surface area contributed by atoms with Crippen LogP contribution < -0.4 is 0 Å². The van der Waals surface area contributed by atoms with Crippen molar-refractivity contribution in [1.29, 1.82) is 5.26 Å². The number of likely N-dealkylation sites (tertiary alicyclic amines) is 1. The molecule has 1 aliphatic carbocycles. The van der Waals surface area contributed by atoms with Crippen LogP contribution in [0.4, 0.5) is 0 Å². The first-order valence-corrected chi connectivity index (χ1v) is 6.88. The fourth-order valence-electron chi connectivity index (χ4n) is 3.43. The maximum absolute atomic E-state index is 9.27. The van der Waals surface area contributed by atoms with Crippen molar-refractivity contribution >= 4 is 0 Å². The summed E-state index contributed by atoms with van der Waals surface area (Å²) >= 11 is 0. The van der Waals surface area contributed by atoms with Gasteiger partial charge in [0.1, 0.15) is 0 Å². The minimum atomic E-state index is 0.299. The third-order valence-electron chi connectivity index (χ3n) is 4.59. The summed E-state index contributed by atoms with van der Waals surface area (Å²) in [5.74, 6) is 2.00. The second-order valence-electron chi connectivity index (χ2n) is 5.78. The van der Waals surface area contributed by atoms with Crippen LogP contribution in [0.15, 0.2) is 0 Å². The van der Waals surface area contributed by atoms with Gasteiger partial charge in [0.25, 0.3) is 0 Å². The largest absolute Gasteiger partial charge is 0.299 e. The summed E-state index contributed by atoms with van der Waals surface area (Å²) in [7, 11) is 0. The van der Waals surface area contributed by atoms with E-state index in [2.05, 4.69) is 24.8 Å². The van der Waals surface area contributed by atoms with Crippen molar-refractivity contribution in [2.24, 2.45) is 17.8 Å². The molecule has 4 atom stereocenters. The van der Waals surface area contributed by atoms with Crippen molar-refractivity contribution in [2.75, 3.05) is 13.1 Å². The molecule has 2 fully saturated rings. The molecule has 0 aromatic carbocycles. The van der Waals surface area contributed by atoms with Crippen molar-refractivity contribution in [3.8, 4) is 6.07 Å². The Labute approximate surface area is 99.6 Å². The van der Waals surface area contributed by atoms with Gasteiger partial charge in [-0.1, -0.05) is 20.3 Å². The zero-order valence-corrected chi connectivity index (χ0v) is 10.7. The Hall–Kier alpha value is -0.550. The first-order chi connectivity index (χ1) is 7.74. The van der Waals surface area contributed by atoms with Gasteiger partial charge in [-0.05, 0) is 44.1 Å². The van der Waals surface area contributed by atoms with Gasteiger partial charge in [0.15, 0.2) is 0 Å². The average Bonchev–Trinajstić information content (AvgIpc) is 2.75. The summed E-state index contributed by atoms with van der Waals surface area (Å²) in [5, 5.41) is 9.27. The van der Waals surface area contributed by atoms with Gasteiger partial charge in [0, 0.05) is 12.6 Å². The van der Waals surface area contributed by atoms with Gasteiger partial charge in [0.05, 0.1) is 12.0 Å². The van der Waals surface area contributed by atoms with Crippen molar-refractivity contribution in [1.82, 2.24) is 4.90 Å². The van der Waals surface area contributed by atoms with Gasteiger partial charge < -0.3 is 0 Å². The van der Waals surface area contributed by atoms with Crippen molar-refractivity contribution in [2.45, 2.75) is 52.0 Å². The Kier molecular flexibility index (Phi) is 3.86. The molecule has 0 bridgehead atoms. The fourth-order valence-corrected chi connectivity index (χ4v) is 3.43. The minimum Gasteiger partial charge on any atom is -0.299 e. The molecule has 1 heterocycles. The van der Waals surface area contributed by atoms with Gasteiger partial charge in [0.2, 0.25) is 0 Å². The summed E-state index contributed by atoms with van der Waals surface area (Å²) in [6, 6.07) is 3.11. The Balaban J connectivity index is 2.00. The second-order valence-corrected chi connectivity index (χ2v) is 5.78.